The third kappa shape index (κ3) is 2.25. The van der Waals surface area contributed by atoms with Crippen molar-refractivity contribution < 1.29 is 8.42 Å². The van der Waals surface area contributed by atoms with Gasteiger partial charge in [-0.05, 0) is 37.1 Å². The second kappa shape index (κ2) is 4.74. The average Bonchev–Trinajstić information content (AvgIpc) is 2.44. The van der Waals surface area contributed by atoms with Gasteiger partial charge in [-0.15, -0.1) is 0 Å². The van der Waals surface area contributed by atoms with Gasteiger partial charge >= 0.3 is 0 Å². The molecule has 0 aromatic heterocycles. The Hall–Kier alpha value is -2.07. The van der Waals surface area contributed by atoms with Gasteiger partial charge in [-0.2, -0.15) is 0 Å². The first-order valence-electron chi connectivity index (χ1n) is 6.78. The fourth-order valence-electron chi connectivity index (χ4n) is 2.52. The van der Waals surface area contributed by atoms with E-state index in [1.807, 2.05) is 56.3 Å². The number of hydrogen-bond acceptors (Lipinski definition) is 2. The molecule has 0 radical (unpaired) electrons. The molecule has 0 saturated carbocycles. The number of hydrogen-bond donors (Lipinski definition) is 0. The molecular weight excluding hydrogens is 282 g/mol. The molecule has 4 heteroatoms. The minimum atomic E-state index is -3.48. The zero-order chi connectivity index (χ0) is 15.2. The van der Waals surface area contributed by atoms with Gasteiger partial charge in [0.1, 0.15) is 0 Å². The first-order valence-corrected chi connectivity index (χ1v) is 8.22. The fraction of sp³-hybridized carbons (Fsp3) is 0.176. The first kappa shape index (κ1) is 13.9. The lowest BCUT2D eigenvalue weighted by Crippen LogP contribution is -2.28. The number of fused-ring (bicyclic) bond motifs is 1. The van der Waals surface area contributed by atoms with Gasteiger partial charge in [0.15, 0.2) is 0 Å². The van der Waals surface area contributed by atoms with E-state index in [0.29, 0.717) is 10.6 Å². The predicted molar refractivity (Wildman–Crippen MR) is 85.2 cm³/mol. The standard InChI is InChI=1S/C17H17NO2S/c1-12-4-7-14(8-5-12)16-11-15-10-13(2)6-9-17(15)21(19,20)18(16)3/h4-11H,1-3H3. The van der Waals surface area contributed by atoms with Gasteiger partial charge in [-0.25, -0.2) is 8.42 Å². The molecule has 1 aliphatic rings. The van der Waals surface area contributed by atoms with E-state index in [-0.39, 0.29) is 0 Å². The number of sulfonamides is 1. The van der Waals surface area contributed by atoms with Crippen LogP contribution in [-0.4, -0.2) is 19.8 Å². The third-order valence-electron chi connectivity index (χ3n) is 3.78. The van der Waals surface area contributed by atoms with Gasteiger partial charge in [0.2, 0.25) is 0 Å². The lowest BCUT2D eigenvalue weighted by molar-refractivity contribution is 0.544. The van der Waals surface area contributed by atoms with Crippen LogP contribution < -0.4 is 0 Å². The van der Waals surface area contributed by atoms with E-state index in [0.717, 1.165) is 22.3 Å². The molecule has 1 heterocycles. The van der Waals surface area contributed by atoms with Crippen molar-refractivity contribution in [3.05, 3.63) is 64.7 Å². The smallest absolute Gasteiger partial charge is 0.264 e. The van der Waals surface area contributed by atoms with Crippen molar-refractivity contribution in [1.29, 1.82) is 0 Å². The maximum Gasteiger partial charge on any atom is 0.264 e. The Balaban J connectivity index is 2.24. The molecule has 0 saturated heterocycles. The molecule has 1 aliphatic heterocycles. The molecule has 108 valence electrons. The van der Waals surface area contributed by atoms with Crippen LogP contribution in [0, 0.1) is 13.8 Å². The topological polar surface area (TPSA) is 37.4 Å². The van der Waals surface area contributed by atoms with Crippen molar-refractivity contribution in [2.45, 2.75) is 18.7 Å². The summed E-state index contributed by atoms with van der Waals surface area (Å²) in [5, 5.41) is 0. The molecule has 0 atom stereocenters. The fourth-order valence-corrected chi connectivity index (χ4v) is 3.89. The largest absolute Gasteiger partial charge is 0.269 e. The summed E-state index contributed by atoms with van der Waals surface area (Å²) in [5.41, 5.74) is 4.56. The van der Waals surface area contributed by atoms with E-state index in [9.17, 15) is 8.42 Å². The molecular formula is C17H17NO2S. The molecule has 2 aromatic carbocycles. The van der Waals surface area contributed by atoms with Crippen molar-refractivity contribution >= 4 is 21.8 Å². The highest BCUT2D eigenvalue weighted by atomic mass is 32.2. The van der Waals surface area contributed by atoms with Crippen LogP contribution in [0.1, 0.15) is 22.3 Å². The molecule has 0 bridgehead atoms. The Morgan fingerprint density at radius 1 is 0.905 bits per heavy atom. The molecule has 3 nitrogen and oxygen atoms in total. The summed E-state index contributed by atoms with van der Waals surface area (Å²) in [6.07, 6.45) is 1.94. The van der Waals surface area contributed by atoms with E-state index >= 15 is 0 Å². The summed E-state index contributed by atoms with van der Waals surface area (Å²) in [6, 6.07) is 13.3. The molecule has 21 heavy (non-hydrogen) atoms. The lowest BCUT2D eigenvalue weighted by atomic mass is 10.1. The van der Waals surface area contributed by atoms with E-state index in [1.165, 1.54) is 4.31 Å². The molecule has 0 spiro atoms. The number of nitrogens with zero attached hydrogens (tertiary/aromatic N) is 1. The zero-order valence-electron chi connectivity index (χ0n) is 12.3. The number of benzene rings is 2. The van der Waals surface area contributed by atoms with E-state index < -0.39 is 10.0 Å². The van der Waals surface area contributed by atoms with Crippen LogP contribution in [-0.2, 0) is 10.0 Å². The van der Waals surface area contributed by atoms with Crippen LogP contribution in [0.4, 0.5) is 0 Å². The van der Waals surface area contributed by atoms with Crippen molar-refractivity contribution in [1.82, 2.24) is 4.31 Å². The van der Waals surface area contributed by atoms with Crippen LogP contribution in [0.25, 0.3) is 11.8 Å². The number of rotatable bonds is 1. The summed E-state index contributed by atoms with van der Waals surface area (Å²) in [4.78, 5) is 0.367. The highest BCUT2D eigenvalue weighted by Crippen LogP contribution is 2.35. The normalized spacial score (nSPS) is 16.3. The first-order chi connectivity index (χ1) is 9.89. The third-order valence-corrected chi connectivity index (χ3v) is 5.63. The number of aryl methyl sites for hydroxylation is 2. The maximum absolute atomic E-state index is 12.7. The monoisotopic (exact) mass is 299 g/mol. The molecule has 3 rings (SSSR count). The zero-order valence-corrected chi connectivity index (χ0v) is 13.1. The Kier molecular flexibility index (Phi) is 3.14. The van der Waals surface area contributed by atoms with Crippen LogP contribution in [0.2, 0.25) is 0 Å². The molecule has 0 fully saturated rings. The summed E-state index contributed by atoms with van der Waals surface area (Å²) >= 11 is 0. The Morgan fingerprint density at radius 3 is 2.19 bits per heavy atom. The highest BCUT2D eigenvalue weighted by molar-refractivity contribution is 7.89. The molecule has 0 amide bonds. The second-order valence-electron chi connectivity index (χ2n) is 5.41. The van der Waals surface area contributed by atoms with Crippen LogP contribution in [0.3, 0.4) is 0 Å². The Morgan fingerprint density at radius 2 is 1.52 bits per heavy atom. The van der Waals surface area contributed by atoms with Gasteiger partial charge < -0.3 is 0 Å². The predicted octanol–water partition coefficient (Wildman–Crippen LogP) is 3.44. The second-order valence-corrected chi connectivity index (χ2v) is 7.35. The quantitative estimate of drug-likeness (QED) is 0.809. The van der Waals surface area contributed by atoms with Crippen molar-refractivity contribution in [3.63, 3.8) is 0 Å². The van der Waals surface area contributed by atoms with Gasteiger partial charge in [-0.1, -0.05) is 47.5 Å². The molecule has 0 N–H and O–H groups in total. The van der Waals surface area contributed by atoms with E-state index in [4.69, 9.17) is 0 Å². The average molecular weight is 299 g/mol. The molecule has 0 unspecified atom stereocenters. The maximum atomic E-state index is 12.7. The summed E-state index contributed by atoms with van der Waals surface area (Å²) in [6.45, 7) is 3.97. The molecule has 2 aromatic rings. The minimum absolute atomic E-state index is 0.367. The highest BCUT2D eigenvalue weighted by Gasteiger charge is 2.30. The van der Waals surface area contributed by atoms with Gasteiger partial charge in [0.05, 0.1) is 10.6 Å². The van der Waals surface area contributed by atoms with Crippen LogP contribution in [0.15, 0.2) is 47.4 Å². The van der Waals surface area contributed by atoms with Gasteiger partial charge in [-0.3, -0.25) is 4.31 Å². The van der Waals surface area contributed by atoms with Crippen molar-refractivity contribution in [2.75, 3.05) is 7.05 Å². The lowest BCUT2D eigenvalue weighted by Gasteiger charge is -2.28. The SMILES string of the molecule is Cc1ccc(C2=Cc3cc(C)ccc3S(=O)(=O)N2C)cc1. The minimum Gasteiger partial charge on any atom is -0.269 e. The molecule has 0 aliphatic carbocycles. The van der Waals surface area contributed by atoms with E-state index in [2.05, 4.69) is 0 Å². The van der Waals surface area contributed by atoms with Crippen molar-refractivity contribution in [2.24, 2.45) is 0 Å². The van der Waals surface area contributed by atoms with Gasteiger partial charge in [0.25, 0.3) is 10.0 Å². The summed E-state index contributed by atoms with van der Waals surface area (Å²) < 4.78 is 26.7. The van der Waals surface area contributed by atoms with Crippen LogP contribution in [0.5, 0.6) is 0 Å². The van der Waals surface area contributed by atoms with Crippen molar-refractivity contribution in [3.8, 4) is 0 Å². The Labute approximate surface area is 125 Å². The van der Waals surface area contributed by atoms with Crippen LogP contribution >= 0.6 is 0 Å². The Bertz CT molecular complexity index is 834. The summed E-state index contributed by atoms with van der Waals surface area (Å²) in [5.74, 6) is 0. The van der Waals surface area contributed by atoms with Gasteiger partial charge in [0, 0.05) is 7.05 Å². The van der Waals surface area contributed by atoms with E-state index in [1.54, 1.807) is 13.1 Å². The summed E-state index contributed by atoms with van der Waals surface area (Å²) in [7, 11) is -1.88.